The van der Waals surface area contributed by atoms with Crippen LogP contribution >= 0.6 is 0 Å². The standard InChI is InChI=1S/C26H31N7O3/c1-15-3-6-22(16-4-5-17-20(9-16)30-33-8-7-31(2)12-23(17)33)32(11-15)26(35)25(34)29-21-10-28-24(27)19-14-36-13-18(19)21/h4-5,9-10,15,22H,3,6-8,11-14H2,1-2H3,(H2,27,28)(H,29,34). The third kappa shape index (κ3) is 3.90. The number of likely N-dealkylation sites (N-methyl/N-ethyl adjacent to an activating group) is 1. The van der Waals surface area contributed by atoms with Crippen molar-refractivity contribution in [3.05, 3.63) is 46.8 Å². The molecule has 10 heteroatoms. The number of hydrogen-bond donors (Lipinski definition) is 2. The van der Waals surface area contributed by atoms with Crippen molar-refractivity contribution in [2.24, 2.45) is 5.92 Å². The lowest BCUT2D eigenvalue weighted by molar-refractivity contribution is -0.146. The van der Waals surface area contributed by atoms with Crippen LogP contribution in [0.4, 0.5) is 11.5 Å². The summed E-state index contributed by atoms with van der Waals surface area (Å²) in [5, 5.41) is 8.76. The minimum Gasteiger partial charge on any atom is -0.383 e. The van der Waals surface area contributed by atoms with Gasteiger partial charge in [-0.05, 0) is 37.4 Å². The van der Waals surface area contributed by atoms with Gasteiger partial charge in [0.15, 0.2) is 0 Å². The molecule has 2 amide bonds. The van der Waals surface area contributed by atoms with Gasteiger partial charge in [0.1, 0.15) is 5.82 Å². The molecular weight excluding hydrogens is 458 g/mol. The molecule has 0 saturated carbocycles. The number of rotatable bonds is 2. The molecule has 1 saturated heterocycles. The van der Waals surface area contributed by atoms with Crippen molar-refractivity contribution in [2.75, 3.05) is 31.2 Å². The molecule has 1 aromatic carbocycles. The van der Waals surface area contributed by atoms with Crippen molar-refractivity contribution in [1.29, 1.82) is 0 Å². The van der Waals surface area contributed by atoms with E-state index in [4.69, 9.17) is 15.6 Å². The van der Waals surface area contributed by atoms with Crippen molar-refractivity contribution < 1.29 is 14.3 Å². The Morgan fingerprint density at radius 1 is 1.17 bits per heavy atom. The fraction of sp³-hybridized carbons (Fsp3) is 0.462. The molecule has 10 nitrogen and oxygen atoms in total. The Bertz CT molecular complexity index is 1370. The van der Waals surface area contributed by atoms with Crippen molar-refractivity contribution in [3.8, 4) is 0 Å². The van der Waals surface area contributed by atoms with Crippen molar-refractivity contribution in [1.82, 2.24) is 24.6 Å². The van der Waals surface area contributed by atoms with Crippen LogP contribution in [0.3, 0.4) is 0 Å². The second-order valence-corrected chi connectivity index (χ2v) is 10.3. The van der Waals surface area contributed by atoms with Crippen LogP contribution in [0.15, 0.2) is 24.4 Å². The average molecular weight is 490 g/mol. The predicted molar refractivity (Wildman–Crippen MR) is 135 cm³/mol. The lowest BCUT2D eigenvalue weighted by atomic mass is 9.89. The molecule has 5 heterocycles. The zero-order chi connectivity index (χ0) is 25.0. The van der Waals surface area contributed by atoms with E-state index in [-0.39, 0.29) is 6.04 Å². The first-order chi connectivity index (χ1) is 17.4. The third-order valence-electron chi connectivity index (χ3n) is 7.72. The molecular formula is C26H31N7O3. The van der Waals surface area contributed by atoms with Gasteiger partial charge in [0, 0.05) is 36.1 Å². The van der Waals surface area contributed by atoms with Gasteiger partial charge in [-0.25, -0.2) is 4.98 Å². The number of aromatic nitrogens is 3. The average Bonchev–Trinajstić information content (AvgIpc) is 3.50. The van der Waals surface area contributed by atoms with Gasteiger partial charge >= 0.3 is 11.8 Å². The molecule has 2 aromatic heterocycles. The molecule has 0 aliphatic carbocycles. The third-order valence-corrected chi connectivity index (χ3v) is 7.72. The molecule has 2 atom stereocenters. The summed E-state index contributed by atoms with van der Waals surface area (Å²) in [5.74, 6) is -0.508. The molecule has 3 aliphatic heterocycles. The number of nitrogens with zero attached hydrogens (tertiary/aromatic N) is 5. The van der Waals surface area contributed by atoms with Crippen LogP contribution in [0.5, 0.6) is 0 Å². The highest BCUT2D eigenvalue weighted by Crippen LogP contribution is 2.36. The Labute approximate surface area is 209 Å². The van der Waals surface area contributed by atoms with Gasteiger partial charge in [-0.15, -0.1) is 0 Å². The minimum atomic E-state index is -0.670. The number of carbonyl (C=O) groups is 2. The van der Waals surface area contributed by atoms with Crippen LogP contribution in [0.25, 0.3) is 10.9 Å². The van der Waals surface area contributed by atoms with Gasteiger partial charge in [-0.1, -0.05) is 19.1 Å². The topological polar surface area (TPSA) is 119 Å². The number of hydrogen-bond acceptors (Lipinski definition) is 7. The van der Waals surface area contributed by atoms with E-state index in [1.54, 1.807) is 4.90 Å². The molecule has 3 N–H and O–H groups in total. The summed E-state index contributed by atoms with van der Waals surface area (Å²) in [5.41, 5.74) is 11.2. The Kier molecular flexibility index (Phi) is 5.65. The minimum absolute atomic E-state index is 0.177. The quantitative estimate of drug-likeness (QED) is 0.531. The summed E-state index contributed by atoms with van der Waals surface area (Å²) in [7, 11) is 2.12. The molecule has 1 fully saturated rings. The van der Waals surface area contributed by atoms with Gasteiger partial charge in [0.2, 0.25) is 0 Å². The van der Waals surface area contributed by atoms with E-state index in [0.29, 0.717) is 37.2 Å². The van der Waals surface area contributed by atoms with E-state index in [1.165, 1.54) is 11.9 Å². The summed E-state index contributed by atoms with van der Waals surface area (Å²) < 4.78 is 7.57. The number of fused-ring (bicyclic) bond motifs is 4. The summed E-state index contributed by atoms with van der Waals surface area (Å²) in [4.78, 5) is 34.8. The van der Waals surface area contributed by atoms with E-state index in [1.807, 2.05) is 0 Å². The highest BCUT2D eigenvalue weighted by molar-refractivity contribution is 6.39. The van der Waals surface area contributed by atoms with Crippen LogP contribution in [-0.4, -0.2) is 56.5 Å². The number of anilines is 2. The summed E-state index contributed by atoms with van der Waals surface area (Å²) in [6.07, 6.45) is 3.29. The monoisotopic (exact) mass is 489 g/mol. The van der Waals surface area contributed by atoms with Gasteiger partial charge < -0.3 is 20.7 Å². The van der Waals surface area contributed by atoms with Gasteiger partial charge in [-0.2, -0.15) is 5.10 Å². The summed E-state index contributed by atoms with van der Waals surface area (Å²) in [6.45, 7) is 6.05. The smallest absolute Gasteiger partial charge is 0.313 e. The number of pyridine rings is 1. The SMILES string of the molecule is CC1CCC(c2ccc3c4n(nc3c2)CCN(C)C4)N(C(=O)C(=O)Nc2cnc(N)c3c2COC3)C1. The van der Waals surface area contributed by atoms with E-state index < -0.39 is 11.8 Å². The molecule has 36 heavy (non-hydrogen) atoms. The van der Waals surface area contributed by atoms with E-state index in [2.05, 4.69) is 52.1 Å². The van der Waals surface area contributed by atoms with Crippen LogP contribution in [0.1, 0.15) is 48.2 Å². The lowest BCUT2D eigenvalue weighted by Crippen LogP contribution is -2.46. The normalized spacial score (nSPS) is 21.9. The summed E-state index contributed by atoms with van der Waals surface area (Å²) in [6, 6.07) is 6.12. The van der Waals surface area contributed by atoms with Crippen molar-refractivity contribution in [3.63, 3.8) is 0 Å². The zero-order valence-electron chi connectivity index (χ0n) is 20.7. The van der Waals surface area contributed by atoms with Gasteiger partial charge in [0.25, 0.3) is 0 Å². The number of nitrogens with two attached hydrogens (primary N) is 1. The maximum atomic E-state index is 13.5. The molecule has 3 aromatic rings. The van der Waals surface area contributed by atoms with Crippen LogP contribution in [0.2, 0.25) is 0 Å². The lowest BCUT2D eigenvalue weighted by Gasteiger charge is -2.38. The Morgan fingerprint density at radius 3 is 2.86 bits per heavy atom. The first kappa shape index (κ1) is 22.9. The van der Waals surface area contributed by atoms with Crippen molar-refractivity contribution >= 4 is 34.2 Å². The first-order valence-electron chi connectivity index (χ1n) is 12.5. The maximum Gasteiger partial charge on any atom is 0.313 e. The Morgan fingerprint density at radius 2 is 2.00 bits per heavy atom. The van der Waals surface area contributed by atoms with Gasteiger partial charge in [-0.3, -0.25) is 19.2 Å². The fourth-order valence-electron chi connectivity index (χ4n) is 5.69. The zero-order valence-corrected chi connectivity index (χ0v) is 20.7. The maximum absolute atomic E-state index is 13.5. The van der Waals surface area contributed by atoms with Gasteiger partial charge in [0.05, 0.1) is 48.9 Å². The Balaban J connectivity index is 1.27. The van der Waals surface area contributed by atoms with Crippen LogP contribution in [-0.2, 0) is 40.6 Å². The molecule has 188 valence electrons. The highest BCUT2D eigenvalue weighted by Gasteiger charge is 2.35. The Hall–Kier alpha value is -3.50. The van der Waals surface area contributed by atoms with Crippen LogP contribution in [0, 0.1) is 5.92 Å². The predicted octanol–water partition coefficient (Wildman–Crippen LogP) is 2.43. The molecule has 0 spiro atoms. The fourth-order valence-corrected chi connectivity index (χ4v) is 5.69. The highest BCUT2D eigenvalue weighted by atomic mass is 16.5. The molecule has 0 bridgehead atoms. The number of benzene rings is 1. The van der Waals surface area contributed by atoms with E-state index in [0.717, 1.165) is 60.1 Å². The number of carbonyl (C=O) groups excluding carboxylic acids is 2. The van der Waals surface area contributed by atoms with E-state index >= 15 is 0 Å². The first-order valence-corrected chi connectivity index (χ1v) is 12.5. The number of nitrogen functional groups attached to an aromatic ring is 1. The largest absolute Gasteiger partial charge is 0.383 e. The number of nitrogens with one attached hydrogen (secondary N) is 1. The van der Waals surface area contributed by atoms with E-state index in [9.17, 15) is 9.59 Å². The number of ether oxygens (including phenoxy) is 1. The number of piperidine rings is 1. The second-order valence-electron chi connectivity index (χ2n) is 10.3. The number of likely N-dealkylation sites (tertiary alicyclic amines) is 1. The van der Waals surface area contributed by atoms with Crippen LogP contribution < -0.4 is 11.1 Å². The molecule has 6 rings (SSSR count). The molecule has 3 aliphatic rings. The molecule has 2 unspecified atom stereocenters. The number of amides is 2. The summed E-state index contributed by atoms with van der Waals surface area (Å²) >= 11 is 0. The van der Waals surface area contributed by atoms with Crippen molar-refractivity contribution in [2.45, 2.75) is 52.1 Å². The molecule has 0 radical (unpaired) electrons. The second kappa shape index (κ2) is 8.86.